The number of aliphatic hydroxyl groups excluding tert-OH is 1. The Morgan fingerprint density at radius 1 is 1.20 bits per heavy atom. The molecule has 2 nitrogen and oxygen atoms in total. The van der Waals surface area contributed by atoms with Crippen molar-refractivity contribution < 1.29 is 9.84 Å². The molecule has 1 N–H and O–H groups in total. The van der Waals surface area contributed by atoms with Crippen LogP contribution in [0.3, 0.4) is 0 Å². The molecule has 1 rings (SSSR count). The average molecular weight is 340 g/mol. The number of hydrogen-bond donors (Lipinski definition) is 1. The minimum absolute atomic E-state index is 0.299. The summed E-state index contributed by atoms with van der Waals surface area (Å²) in [6, 6.07) is 4.31. The quantitative estimate of drug-likeness (QED) is 0.582. The van der Waals surface area contributed by atoms with Gasteiger partial charge in [-0.05, 0) is 54.0 Å². The van der Waals surface area contributed by atoms with Crippen molar-refractivity contribution in [3.05, 3.63) is 19.9 Å². The molecule has 15 heavy (non-hydrogen) atoms. The van der Waals surface area contributed by atoms with Crippen molar-refractivity contribution in [2.45, 2.75) is 25.7 Å². The predicted octanol–water partition coefficient (Wildman–Crippen LogP) is 3.07. The van der Waals surface area contributed by atoms with Gasteiger partial charge in [0.1, 0.15) is 0 Å². The molecule has 0 aliphatic heterocycles. The minimum atomic E-state index is 0.299. The van der Waals surface area contributed by atoms with Crippen molar-refractivity contribution in [1.29, 1.82) is 0 Å². The SMILES string of the molecule is OCCCCCOCCc1ccc(I)s1. The van der Waals surface area contributed by atoms with Gasteiger partial charge in [-0.3, -0.25) is 0 Å². The Morgan fingerprint density at radius 2 is 2.07 bits per heavy atom. The number of halogens is 1. The van der Waals surface area contributed by atoms with Gasteiger partial charge in [0.25, 0.3) is 0 Å². The fourth-order valence-corrected chi connectivity index (χ4v) is 2.99. The first kappa shape index (κ1) is 13.4. The summed E-state index contributed by atoms with van der Waals surface area (Å²) in [5.41, 5.74) is 0. The summed E-state index contributed by atoms with van der Waals surface area (Å²) in [4.78, 5) is 1.40. The Bertz CT molecular complexity index is 263. The van der Waals surface area contributed by atoms with Crippen LogP contribution in [0, 0.1) is 2.88 Å². The van der Waals surface area contributed by atoms with E-state index in [2.05, 4.69) is 34.7 Å². The van der Waals surface area contributed by atoms with E-state index >= 15 is 0 Å². The van der Waals surface area contributed by atoms with Gasteiger partial charge in [0.2, 0.25) is 0 Å². The van der Waals surface area contributed by atoms with Crippen LogP contribution in [-0.4, -0.2) is 24.9 Å². The molecule has 0 amide bonds. The smallest absolute Gasteiger partial charge is 0.0656 e. The summed E-state index contributed by atoms with van der Waals surface area (Å²) >= 11 is 4.17. The van der Waals surface area contributed by atoms with Crippen LogP contribution in [0.1, 0.15) is 24.1 Å². The normalized spacial score (nSPS) is 10.8. The molecule has 1 heterocycles. The van der Waals surface area contributed by atoms with Crippen molar-refractivity contribution in [3.8, 4) is 0 Å². The lowest BCUT2D eigenvalue weighted by Gasteiger charge is -2.02. The lowest BCUT2D eigenvalue weighted by molar-refractivity contribution is 0.131. The predicted molar refractivity (Wildman–Crippen MR) is 72.5 cm³/mol. The first-order valence-electron chi connectivity index (χ1n) is 5.26. The summed E-state index contributed by atoms with van der Waals surface area (Å²) < 4.78 is 6.85. The van der Waals surface area contributed by atoms with Crippen LogP contribution in [0.2, 0.25) is 0 Å². The highest BCUT2D eigenvalue weighted by molar-refractivity contribution is 14.1. The molecule has 0 atom stereocenters. The zero-order valence-corrected chi connectivity index (χ0v) is 11.7. The second-order valence-electron chi connectivity index (χ2n) is 3.35. The Balaban J connectivity index is 1.93. The molecule has 0 unspecified atom stereocenters. The van der Waals surface area contributed by atoms with Crippen LogP contribution in [0.25, 0.3) is 0 Å². The van der Waals surface area contributed by atoms with Crippen molar-refractivity contribution in [1.82, 2.24) is 0 Å². The van der Waals surface area contributed by atoms with Crippen molar-refractivity contribution in [2.24, 2.45) is 0 Å². The van der Waals surface area contributed by atoms with Gasteiger partial charge in [-0.2, -0.15) is 0 Å². The maximum absolute atomic E-state index is 8.58. The fourth-order valence-electron chi connectivity index (χ4n) is 1.25. The van der Waals surface area contributed by atoms with Gasteiger partial charge in [-0.15, -0.1) is 11.3 Å². The third kappa shape index (κ3) is 6.50. The summed E-state index contributed by atoms with van der Waals surface area (Å²) in [6.45, 7) is 1.94. The van der Waals surface area contributed by atoms with Crippen molar-refractivity contribution in [3.63, 3.8) is 0 Å². The van der Waals surface area contributed by atoms with Crippen LogP contribution in [0.4, 0.5) is 0 Å². The molecule has 0 aliphatic rings. The third-order valence-electron chi connectivity index (χ3n) is 2.07. The summed E-state index contributed by atoms with van der Waals surface area (Å²) in [5.74, 6) is 0. The zero-order valence-electron chi connectivity index (χ0n) is 8.75. The van der Waals surface area contributed by atoms with E-state index in [0.29, 0.717) is 6.61 Å². The van der Waals surface area contributed by atoms with E-state index < -0.39 is 0 Å². The van der Waals surface area contributed by atoms with E-state index in [0.717, 1.165) is 38.9 Å². The Morgan fingerprint density at radius 3 is 2.73 bits per heavy atom. The fraction of sp³-hybridized carbons (Fsp3) is 0.636. The maximum Gasteiger partial charge on any atom is 0.0656 e. The molecule has 0 spiro atoms. The molecular weight excluding hydrogens is 323 g/mol. The van der Waals surface area contributed by atoms with Gasteiger partial charge in [0.15, 0.2) is 0 Å². The number of thiophene rings is 1. The van der Waals surface area contributed by atoms with Gasteiger partial charge >= 0.3 is 0 Å². The first-order valence-corrected chi connectivity index (χ1v) is 7.15. The van der Waals surface area contributed by atoms with Crippen molar-refractivity contribution in [2.75, 3.05) is 19.8 Å². The highest BCUT2D eigenvalue weighted by Crippen LogP contribution is 2.18. The topological polar surface area (TPSA) is 29.5 Å². The molecule has 86 valence electrons. The standard InChI is InChI=1S/C11H17IO2S/c12-11-5-4-10(15-11)6-9-14-8-3-1-2-7-13/h4-5,13H,1-3,6-9H2. The first-order chi connectivity index (χ1) is 7.33. The molecular formula is C11H17IO2S. The summed E-state index contributed by atoms with van der Waals surface area (Å²) in [7, 11) is 0. The molecule has 0 aliphatic carbocycles. The van der Waals surface area contributed by atoms with Crippen LogP contribution < -0.4 is 0 Å². The van der Waals surface area contributed by atoms with Crippen LogP contribution in [0.5, 0.6) is 0 Å². The lowest BCUT2D eigenvalue weighted by Crippen LogP contribution is -1.99. The highest BCUT2D eigenvalue weighted by Gasteiger charge is 1.97. The second-order valence-corrected chi connectivity index (χ2v) is 6.41. The molecule has 0 saturated heterocycles. The van der Waals surface area contributed by atoms with E-state index in [1.807, 2.05) is 11.3 Å². The molecule has 0 saturated carbocycles. The third-order valence-corrected chi connectivity index (χ3v) is 4.02. The van der Waals surface area contributed by atoms with E-state index in [-0.39, 0.29) is 0 Å². The number of hydrogen-bond acceptors (Lipinski definition) is 3. The average Bonchev–Trinajstić information content (AvgIpc) is 2.63. The number of ether oxygens (including phenoxy) is 1. The van der Waals surface area contributed by atoms with E-state index in [9.17, 15) is 0 Å². The van der Waals surface area contributed by atoms with Gasteiger partial charge in [0.05, 0.1) is 9.49 Å². The van der Waals surface area contributed by atoms with Gasteiger partial charge in [-0.1, -0.05) is 0 Å². The second kappa shape index (κ2) is 8.50. The maximum atomic E-state index is 8.58. The van der Waals surface area contributed by atoms with Gasteiger partial charge < -0.3 is 9.84 Å². The van der Waals surface area contributed by atoms with Crippen molar-refractivity contribution >= 4 is 33.9 Å². The number of unbranched alkanes of at least 4 members (excludes halogenated alkanes) is 2. The lowest BCUT2D eigenvalue weighted by atomic mass is 10.2. The minimum Gasteiger partial charge on any atom is -0.396 e. The van der Waals surface area contributed by atoms with E-state index in [1.165, 1.54) is 7.76 Å². The van der Waals surface area contributed by atoms with Crippen LogP contribution >= 0.6 is 33.9 Å². The number of aliphatic hydroxyl groups is 1. The van der Waals surface area contributed by atoms with Gasteiger partial charge in [-0.25, -0.2) is 0 Å². The zero-order chi connectivity index (χ0) is 10.9. The van der Waals surface area contributed by atoms with E-state index in [1.54, 1.807) is 0 Å². The molecule has 0 bridgehead atoms. The Kier molecular flexibility index (Phi) is 7.60. The largest absolute Gasteiger partial charge is 0.396 e. The molecule has 0 fully saturated rings. The Labute approximate surface area is 109 Å². The molecule has 1 aromatic rings. The monoisotopic (exact) mass is 340 g/mol. The summed E-state index contributed by atoms with van der Waals surface area (Å²) in [6.07, 6.45) is 4.04. The molecule has 0 radical (unpaired) electrons. The molecule has 1 aromatic heterocycles. The molecule has 4 heteroatoms. The van der Waals surface area contributed by atoms with Gasteiger partial charge in [0, 0.05) is 24.5 Å². The van der Waals surface area contributed by atoms with Crippen LogP contribution in [-0.2, 0) is 11.2 Å². The molecule has 0 aromatic carbocycles. The summed E-state index contributed by atoms with van der Waals surface area (Å²) in [5, 5.41) is 8.58. The highest BCUT2D eigenvalue weighted by atomic mass is 127. The Hall–Kier alpha value is 0.350. The van der Waals surface area contributed by atoms with Crippen LogP contribution in [0.15, 0.2) is 12.1 Å². The number of rotatable bonds is 8. The van der Waals surface area contributed by atoms with E-state index in [4.69, 9.17) is 9.84 Å².